The Morgan fingerprint density at radius 1 is 1.25 bits per heavy atom. The summed E-state index contributed by atoms with van der Waals surface area (Å²) in [5.41, 5.74) is 1.90. The van der Waals surface area contributed by atoms with Crippen molar-refractivity contribution in [2.45, 2.75) is 65.4 Å². The van der Waals surface area contributed by atoms with E-state index in [4.69, 9.17) is 4.74 Å². The van der Waals surface area contributed by atoms with Gasteiger partial charge in [-0.15, -0.1) is 0 Å². The largest absolute Gasteiger partial charge is 0.461 e. The molecular weight excluding hydrogens is 298 g/mol. The molecule has 3 nitrogen and oxygen atoms in total. The van der Waals surface area contributed by atoms with Crippen LogP contribution in [0.25, 0.3) is 0 Å². The predicted molar refractivity (Wildman–Crippen MR) is 95.5 cm³/mol. The van der Waals surface area contributed by atoms with E-state index in [0.717, 1.165) is 32.0 Å². The Bertz CT molecular complexity index is 534. The lowest BCUT2D eigenvalue weighted by Crippen LogP contribution is -2.42. The van der Waals surface area contributed by atoms with Gasteiger partial charge in [-0.25, -0.2) is 0 Å². The first kappa shape index (κ1) is 16.6. The van der Waals surface area contributed by atoms with Crippen LogP contribution in [-0.2, 0) is 9.53 Å². The molecule has 0 radical (unpaired) electrons. The monoisotopic (exact) mass is 331 g/mol. The molecule has 4 rings (SSSR count). The second kappa shape index (κ2) is 6.16. The van der Waals surface area contributed by atoms with Crippen molar-refractivity contribution >= 4 is 5.97 Å². The molecule has 0 N–H and O–H groups in total. The van der Waals surface area contributed by atoms with Gasteiger partial charge in [0.1, 0.15) is 6.10 Å². The van der Waals surface area contributed by atoms with E-state index < -0.39 is 0 Å². The number of rotatable bonds is 2. The number of hydrogen-bond acceptors (Lipinski definition) is 3. The molecule has 2 aliphatic heterocycles. The number of allylic oxidation sites excluding steroid dienone is 1. The van der Waals surface area contributed by atoms with Gasteiger partial charge in [-0.05, 0) is 62.4 Å². The van der Waals surface area contributed by atoms with Crippen molar-refractivity contribution in [3.05, 3.63) is 11.6 Å². The van der Waals surface area contributed by atoms with E-state index in [2.05, 4.69) is 31.7 Å². The van der Waals surface area contributed by atoms with E-state index in [0.29, 0.717) is 11.8 Å². The third-order valence-corrected chi connectivity index (χ3v) is 7.41. The van der Waals surface area contributed by atoms with Crippen LogP contribution in [0.4, 0.5) is 0 Å². The Balaban J connectivity index is 1.53. The number of hydrogen-bond donors (Lipinski definition) is 0. The lowest BCUT2D eigenvalue weighted by atomic mass is 9.59. The number of piperidine rings is 1. The van der Waals surface area contributed by atoms with E-state index in [1.807, 2.05) is 0 Å². The number of nitrogens with zero attached hydrogens (tertiary/aromatic N) is 1. The number of esters is 1. The zero-order chi connectivity index (χ0) is 16.9. The molecule has 3 heteroatoms. The first-order valence-corrected chi connectivity index (χ1v) is 10.1. The SMILES string of the molecule is CC1CCN(C[C@@H]2C(=O)O[C@H]3C[C@]4(C)CCC[C@@H](C)C4=C[C@@H]32)CC1. The topological polar surface area (TPSA) is 29.5 Å². The summed E-state index contributed by atoms with van der Waals surface area (Å²) in [6.45, 7) is 10.3. The summed E-state index contributed by atoms with van der Waals surface area (Å²) < 4.78 is 5.88. The summed E-state index contributed by atoms with van der Waals surface area (Å²) in [4.78, 5) is 15.1. The highest BCUT2D eigenvalue weighted by molar-refractivity contribution is 5.76. The molecule has 134 valence electrons. The summed E-state index contributed by atoms with van der Waals surface area (Å²) in [5, 5.41) is 0. The molecule has 0 bridgehead atoms. The Morgan fingerprint density at radius 2 is 2.00 bits per heavy atom. The number of fused-ring (bicyclic) bond motifs is 2. The van der Waals surface area contributed by atoms with Gasteiger partial charge in [-0.2, -0.15) is 0 Å². The Kier molecular flexibility index (Phi) is 4.27. The van der Waals surface area contributed by atoms with Crippen molar-refractivity contribution in [1.29, 1.82) is 0 Å². The van der Waals surface area contributed by atoms with Crippen LogP contribution in [0.5, 0.6) is 0 Å². The second-order valence-corrected chi connectivity index (χ2v) is 9.32. The molecule has 2 aliphatic carbocycles. The molecule has 2 heterocycles. The van der Waals surface area contributed by atoms with Crippen LogP contribution in [0.2, 0.25) is 0 Å². The van der Waals surface area contributed by atoms with Crippen LogP contribution in [0, 0.1) is 29.1 Å². The van der Waals surface area contributed by atoms with E-state index in [1.54, 1.807) is 5.57 Å². The van der Waals surface area contributed by atoms with Crippen LogP contribution in [0.1, 0.15) is 59.3 Å². The lowest BCUT2D eigenvalue weighted by Gasteiger charge is -2.46. The van der Waals surface area contributed by atoms with Gasteiger partial charge >= 0.3 is 5.97 Å². The maximum Gasteiger partial charge on any atom is 0.311 e. The van der Waals surface area contributed by atoms with Gasteiger partial charge in [0.05, 0.1) is 5.92 Å². The molecule has 4 aliphatic rings. The average molecular weight is 332 g/mol. The van der Waals surface area contributed by atoms with Crippen molar-refractivity contribution in [2.24, 2.45) is 29.1 Å². The molecule has 24 heavy (non-hydrogen) atoms. The summed E-state index contributed by atoms with van der Waals surface area (Å²) in [6.07, 6.45) is 10.1. The van der Waals surface area contributed by atoms with Crippen molar-refractivity contribution in [2.75, 3.05) is 19.6 Å². The van der Waals surface area contributed by atoms with Gasteiger partial charge in [-0.1, -0.05) is 38.8 Å². The first-order valence-electron chi connectivity index (χ1n) is 10.1. The number of likely N-dealkylation sites (tertiary alicyclic amines) is 1. The molecule has 0 unspecified atom stereocenters. The standard InChI is InChI=1S/C21H33NO2/c1-14-6-9-22(10-7-14)13-17-16-11-18-15(2)5-4-8-21(18,3)12-19(16)24-20(17)23/h11,14-17,19H,4-10,12-13H2,1-3H3/t15-,16-,17+,19+,21+/m1/s1. The van der Waals surface area contributed by atoms with E-state index >= 15 is 0 Å². The van der Waals surface area contributed by atoms with Crippen molar-refractivity contribution in [3.63, 3.8) is 0 Å². The van der Waals surface area contributed by atoms with Gasteiger partial charge in [0.15, 0.2) is 0 Å². The van der Waals surface area contributed by atoms with Crippen LogP contribution in [0.3, 0.4) is 0 Å². The summed E-state index contributed by atoms with van der Waals surface area (Å²) in [6, 6.07) is 0. The molecule has 1 saturated carbocycles. The minimum absolute atomic E-state index is 0.0644. The van der Waals surface area contributed by atoms with Crippen molar-refractivity contribution in [1.82, 2.24) is 4.90 Å². The third kappa shape index (κ3) is 2.83. The highest BCUT2D eigenvalue weighted by Crippen LogP contribution is 2.54. The molecule has 0 aromatic rings. The zero-order valence-corrected chi connectivity index (χ0v) is 15.6. The smallest absolute Gasteiger partial charge is 0.311 e. The minimum Gasteiger partial charge on any atom is -0.461 e. The maximum absolute atomic E-state index is 12.6. The molecule has 5 atom stereocenters. The van der Waals surface area contributed by atoms with Gasteiger partial charge in [0.2, 0.25) is 0 Å². The fourth-order valence-electron chi connectivity index (χ4n) is 5.78. The van der Waals surface area contributed by atoms with Crippen LogP contribution in [0.15, 0.2) is 11.6 Å². The van der Waals surface area contributed by atoms with Gasteiger partial charge in [-0.3, -0.25) is 4.79 Å². The van der Waals surface area contributed by atoms with Gasteiger partial charge in [0, 0.05) is 12.5 Å². The second-order valence-electron chi connectivity index (χ2n) is 9.32. The van der Waals surface area contributed by atoms with E-state index in [-0.39, 0.29) is 23.4 Å². The summed E-state index contributed by atoms with van der Waals surface area (Å²) in [7, 11) is 0. The van der Waals surface area contributed by atoms with Crippen molar-refractivity contribution in [3.8, 4) is 0 Å². The number of ether oxygens (including phenoxy) is 1. The summed E-state index contributed by atoms with van der Waals surface area (Å²) >= 11 is 0. The zero-order valence-electron chi connectivity index (χ0n) is 15.6. The van der Waals surface area contributed by atoms with Crippen LogP contribution >= 0.6 is 0 Å². The Labute approximate surface area is 146 Å². The average Bonchev–Trinajstić information content (AvgIpc) is 2.82. The molecule has 0 amide bonds. The first-order chi connectivity index (χ1) is 11.5. The third-order valence-electron chi connectivity index (χ3n) is 7.41. The Hall–Kier alpha value is -0.830. The highest BCUT2D eigenvalue weighted by Gasteiger charge is 2.51. The molecule has 0 aromatic carbocycles. The van der Waals surface area contributed by atoms with Crippen LogP contribution < -0.4 is 0 Å². The number of carbonyl (C=O) groups excluding carboxylic acids is 1. The fraction of sp³-hybridized carbons (Fsp3) is 0.857. The van der Waals surface area contributed by atoms with Crippen LogP contribution in [-0.4, -0.2) is 36.6 Å². The molecular formula is C21H33NO2. The molecule has 3 fully saturated rings. The predicted octanol–water partition coefficient (Wildman–Crippen LogP) is 4.03. The minimum atomic E-state index is 0.0644. The molecule has 0 aromatic heterocycles. The fourth-order valence-corrected chi connectivity index (χ4v) is 5.78. The summed E-state index contributed by atoms with van der Waals surface area (Å²) in [5.74, 6) is 1.97. The van der Waals surface area contributed by atoms with E-state index in [9.17, 15) is 4.79 Å². The molecule has 2 saturated heterocycles. The lowest BCUT2D eigenvalue weighted by molar-refractivity contribution is -0.145. The number of carbonyl (C=O) groups is 1. The van der Waals surface area contributed by atoms with Gasteiger partial charge < -0.3 is 9.64 Å². The van der Waals surface area contributed by atoms with Gasteiger partial charge in [0.25, 0.3) is 0 Å². The maximum atomic E-state index is 12.6. The normalized spacial score (nSPS) is 43.8. The molecule has 0 spiro atoms. The van der Waals surface area contributed by atoms with Crippen molar-refractivity contribution < 1.29 is 9.53 Å². The Morgan fingerprint density at radius 3 is 2.75 bits per heavy atom. The quantitative estimate of drug-likeness (QED) is 0.565. The highest BCUT2D eigenvalue weighted by atomic mass is 16.6. The van der Waals surface area contributed by atoms with E-state index in [1.165, 1.54) is 32.1 Å².